The number of nitrogens with one attached hydrogen (secondary N) is 1. The summed E-state index contributed by atoms with van der Waals surface area (Å²) in [5.74, 6) is 0.269. The number of amides is 1. The Kier molecular flexibility index (Phi) is 4.20. The maximum Gasteiger partial charge on any atom is 0.223 e. The van der Waals surface area contributed by atoms with E-state index >= 15 is 0 Å². The largest absolute Gasteiger partial charge is 0.343 e. The molecule has 0 unspecified atom stereocenters. The van der Waals surface area contributed by atoms with E-state index in [1.165, 1.54) is 5.39 Å². The lowest BCUT2D eigenvalue weighted by Crippen LogP contribution is -2.30. The van der Waals surface area contributed by atoms with Crippen LogP contribution in [0.1, 0.15) is 25.0 Å². The van der Waals surface area contributed by atoms with Crippen molar-refractivity contribution in [3.05, 3.63) is 30.0 Å². The van der Waals surface area contributed by atoms with Gasteiger partial charge in [-0.25, -0.2) is 0 Å². The minimum atomic E-state index is 0.269. The first kappa shape index (κ1) is 14.1. The second-order valence-electron chi connectivity index (χ2n) is 5.60. The molecule has 1 saturated heterocycles. The van der Waals surface area contributed by atoms with Gasteiger partial charge in [0.15, 0.2) is 0 Å². The normalized spacial score (nSPS) is 15.0. The Balaban J connectivity index is 1.51. The molecule has 1 aromatic heterocycles. The SMILES string of the molecule is Cn1nc(CNCCC(=O)N2CCCC2)c2ccccc21. The summed E-state index contributed by atoms with van der Waals surface area (Å²) in [4.78, 5) is 13.9. The molecule has 0 aliphatic carbocycles. The van der Waals surface area contributed by atoms with Crippen LogP contribution in [0, 0.1) is 0 Å². The van der Waals surface area contributed by atoms with Crippen molar-refractivity contribution in [3.63, 3.8) is 0 Å². The molecule has 21 heavy (non-hydrogen) atoms. The highest BCUT2D eigenvalue weighted by molar-refractivity contribution is 5.81. The molecule has 5 nitrogen and oxygen atoms in total. The molecule has 1 aromatic carbocycles. The highest BCUT2D eigenvalue weighted by Gasteiger charge is 2.17. The number of nitrogens with zero attached hydrogens (tertiary/aromatic N) is 3. The molecule has 0 spiro atoms. The molecule has 1 N–H and O–H groups in total. The highest BCUT2D eigenvalue weighted by Crippen LogP contribution is 2.17. The zero-order valence-electron chi connectivity index (χ0n) is 12.5. The molecule has 5 heteroatoms. The topological polar surface area (TPSA) is 50.2 Å². The van der Waals surface area contributed by atoms with Gasteiger partial charge in [0.05, 0.1) is 11.2 Å². The Hall–Kier alpha value is -1.88. The van der Waals surface area contributed by atoms with Gasteiger partial charge in [-0.1, -0.05) is 18.2 Å². The third kappa shape index (κ3) is 3.08. The number of aromatic nitrogens is 2. The van der Waals surface area contributed by atoms with Crippen molar-refractivity contribution in [1.29, 1.82) is 0 Å². The number of benzene rings is 1. The number of hydrogen-bond donors (Lipinski definition) is 1. The summed E-state index contributed by atoms with van der Waals surface area (Å²) in [5, 5.41) is 9.06. The molecule has 2 aromatic rings. The van der Waals surface area contributed by atoms with Crippen molar-refractivity contribution in [2.45, 2.75) is 25.8 Å². The number of rotatable bonds is 5. The van der Waals surface area contributed by atoms with Crippen molar-refractivity contribution in [2.75, 3.05) is 19.6 Å². The van der Waals surface area contributed by atoms with Crippen LogP contribution < -0.4 is 5.32 Å². The van der Waals surface area contributed by atoms with Gasteiger partial charge in [-0.2, -0.15) is 5.10 Å². The van der Waals surface area contributed by atoms with Gasteiger partial charge in [0.2, 0.25) is 5.91 Å². The van der Waals surface area contributed by atoms with E-state index in [9.17, 15) is 4.79 Å². The second-order valence-corrected chi connectivity index (χ2v) is 5.60. The predicted molar refractivity (Wildman–Crippen MR) is 82.9 cm³/mol. The number of carbonyl (C=O) groups excluding carboxylic acids is 1. The summed E-state index contributed by atoms with van der Waals surface area (Å²) in [6.07, 6.45) is 2.88. The summed E-state index contributed by atoms with van der Waals surface area (Å²) in [6.45, 7) is 3.28. The van der Waals surface area contributed by atoms with E-state index in [0.29, 0.717) is 19.5 Å². The minimum absolute atomic E-state index is 0.269. The summed E-state index contributed by atoms with van der Waals surface area (Å²) >= 11 is 0. The fourth-order valence-corrected chi connectivity index (χ4v) is 2.95. The van der Waals surface area contributed by atoms with Crippen molar-refractivity contribution in [1.82, 2.24) is 20.0 Å². The van der Waals surface area contributed by atoms with E-state index in [-0.39, 0.29) is 5.91 Å². The minimum Gasteiger partial charge on any atom is -0.343 e. The lowest BCUT2D eigenvalue weighted by Gasteiger charge is -2.14. The van der Waals surface area contributed by atoms with Crippen molar-refractivity contribution >= 4 is 16.8 Å². The Bertz CT molecular complexity index is 628. The lowest BCUT2D eigenvalue weighted by atomic mass is 10.2. The maximum atomic E-state index is 11.9. The first-order valence-electron chi connectivity index (χ1n) is 7.65. The number of hydrogen-bond acceptors (Lipinski definition) is 3. The van der Waals surface area contributed by atoms with Gasteiger partial charge in [-0.15, -0.1) is 0 Å². The van der Waals surface area contributed by atoms with E-state index in [2.05, 4.69) is 22.5 Å². The number of para-hydroxylation sites is 1. The van der Waals surface area contributed by atoms with E-state index in [4.69, 9.17) is 0 Å². The van der Waals surface area contributed by atoms with Crippen LogP contribution in [0.2, 0.25) is 0 Å². The van der Waals surface area contributed by atoms with Crippen molar-refractivity contribution in [3.8, 4) is 0 Å². The van der Waals surface area contributed by atoms with Crippen molar-refractivity contribution < 1.29 is 4.79 Å². The Labute approximate surface area is 124 Å². The van der Waals surface area contributed by atoms with Crippen LogP contribution in [0.5, 0.6) is 0 Å². The molecule has 0 bridgehead atoms. The average Bonchev–Trinajstić information content (AvgIpc) is 3.13. The van der Waals surface area contributed by atoms with Gasteiger partial charge in [0, 0.05) is 45.0 Å². The number of likely N-dealkylation sites (tertiary alicyclic amines) is 1. The van der Waals surface area contributed by atoms with Crippen LogP contribution in [-0.4, -0.2) is 40.2 Å². The fourth-order valence-electron chi connectivity index (χ4n) is 2.95. The molecule has 1 aliphatic heterocycles. The Morgan fingerprint density at radius 2 is 2.05 bits per heavy atom. The average molecular weight is 286 g/mol. The van der Waals surface area contributed by atoms with Gasteiger partial charge >= 0.3 is 0 Å². The lowest BCUT2D eigenvalue weighted by molar-refractivity contribution is -0.130. The predicted octanol–water partition coefficient (Wildman–Crippen LogP) is 1.68. The van der Waals surface area contributed by atoms with Gasteiger partial charge in [0.25, 0.3) is 0 Å². The molecule has 3 rings (SSSR count). The van der Waals surface area contributed by atoms with E-state index in [0.717, 1.165) is 37.1 Å². The molecule has 112 valence electrons. The molecule has 0 radical (unpaired) electrons. The molecule has 1 fully saturated rings. The summed E-state index contributed by atoms with van der Waals surface area (Å²) in [6, 6.07) is 8.22. The van der Waals surface area contributed by atoms with Crippen LogP contribution in [-0.2, 0) is 18.4 Å². The summed E-state index contributed by atoms with van der Waals surface area (Å²) in [7, 11) is 1.96. The standard InChI is InChI=1S/C16H22N4O/c1-19-15-7-3-2-6-13(15)14(18-19)12-17-9-8-16(21)20-10-4-5-11-20/h2-3,6-7,17H,4-5,8-12H2,1H3. The third-order valence-electron chi connectivity index (χ3n) is 4.10. The smallest absolute Gasteiger partial charge is 0.223 e. The van der Waals surface area contributed by atoms with Gasteiger partial charge < -0.3 is 10.2 Å². The maximum absolute atomic E-state index is 11.9. The van der Waals surface area contributed by atoms with Gasteiger partial charge in [-0.05, 0) is 18.9 Å². The monoisotopic (exact) mass is 286 g/mol. The molecule has 0 atom stereocenters. The Morgan fingerprint density at radius 3 is 2.86 bits per heavy atom. The number of carbonyl (C=O) groups is 1. The van der Waals surface area contributed by atoms with E-state index in [1.807, 2.05) is 28.8 Å². The first-order valence-corrected chi connectivity index (χ1v) is 7.65. The molecule has 0 saturated carbocycles. The van der Waals surface area contributed by atoms with Crippen LogP contribution >= 0.6 is 0 Å². The van der Waals surface area contributed by atoms with E-state index in [1.54, 1.807) is 0 Å². The van der Waals surface area contributed by atoms with Crippen LogP contribution in [0.3, 0.4) is 0 Å². The first-order chi connectivity index (χ1) is 10.3. The van der Waals surface area contributed by atoms with Crippen LogP contribution in [0.4, 0.5) is 0 Å². The van der Waals surface area contributed by atoms with Gasteiger partial charge in [0.1, 0.15) is 0 Å². The van der Waals surface area contributed by atoms with Crippen LogP contribution in [0.25, 0.3) is 10.9 Å². The summed E-state index contributed by atoms with van der Waals surface area (Å²) in [5.41, 5.74) is 2.18. The fraction of sp³-hybridized carbons (Fsp3) is 0.500. The summed E-state index contributed by atoms with van der Waals surface area (Å²) < 4.78 is 1.90. The number of fused-ring (bicyclic) bond motifs is 1. The molecule has 2 heterocycles. The quantitative estimate of drug-likeness (QED) is 0.851. The molecular formula is C16H22N4O. The molecule has 1 aliphatic rings. The number of aryl methyl sites for hydroxylation is 1. The van der Waals surface area contributed by atoms with Crippen molar-refractivity contribution in [2.24, 2.45) is 7.05 Å². The zero-order valence-corrected chi connectivity index (χ0v) is 12.5. The third-order valence-corrected chi connectivity index (χ3v) is 4.10. The highest BCUT2D eigenvalue weighted by atomic mass is 16.2. The second kappa shape index (κ2) is 6.26. The Morgan fingerprint density at radius 1 is 1.29 bits per heavy atom. The molecular weight excluding hydrogens is 264 g/mol. The van der Waals surface area contributed by atoms with Crippen LogP contribution in [0.15, 0.2) is 24.3 Å². The zero-order chi connectivity index (χ0) is 14.7. The van der Waals surface area contributed by atoms with Gasteiger partial charge in [-0.3, -0.25) is 9.48 Å². The van der Waals surface area contributed by atoms with E-state index < -0.39 is 0 Å². The molecule has 1 amide bonds.